The zero-order valence-corrected chi connectivity index (χ0v) is 11.0. The molecule has 0 amide bonds. The molecule has 86 valence electrons. The highest BCUT2D eigenvalue weighted by Crippen LogP contribution is 2.29. The Morgan fingerprint density at radius 2 is 2.12 bits per heavy atom. The van der Waals surface area contributed by atoms with Crippen LogP contribution in [0.25, 0.3) is 10.2 Å². The molecule has 2 rings (SSSR count). The number of nitrogens with one attached hydrogen (secondary N) is 1. The molecule has 0 saturated carbocycles. The quantitative estimate of drug-likeness (QED) is 0.866. The highest BCUT2D eigenvalue weighted by atomic mass is 35.5. The summed E-state index contributed by atoms with van der Waals surface area (Å²) in [5.74, 6) is 0. The molecule has 0 unspecified atom stereocenters. The molecule has 1 aromatic carbocycles. The number of rotatable bonds is 4. The van der Waals surface area contributed by atoms with Crippen molar-refractivity contribution in [3.8, 4) is 0 Å². The molecular weight excluding hydrogens is 240 g/mol. The van der Waals surface area contributed by atoms with Crippen molar-refractivity contribution in [2.75, 3.05) is 5.32 Å². The number of hydrogen-bond acceptors (Lipinski definition) is 3. The fourth-order valence-electron chi connectivity index (χ4n) is 1.63. The van der Waals surface area contributed by atoms with E-state index < -0.39 is 0 Å². The van der Waals surface area contributed by atoms with Crippen molar-refractivity contribution < 1.29 is 0 Å². The van der Waals surface area contributed by atoms with Crippen molar-refractivity contribution >= 4 is 38.3 Å². The Balaban J connectivity index is 2.25. The van der Waals surface area contributed by atoms with Gasteiger partial charge in [0.2, 0.25) is 0 Å². The molecule has 2 aromatic rings. The topological polar surface area (TPSA) is 24.9 Å². The predicted octanol–water partition coefficient (Wildman–Crippen LogP) is 4.55. The van der Waals surface area contributed by atoms with Gasteiger partial charge in [-0.2, -0.15) is 0 Å². The summed E-state index contributed by atoms with van der Waals surface area (Å²) < 4.78 is 1.14. The van der Waals surface area contributed by atoms with Crippen molar-refractivity contribution in [1.29, 1.82) is 0 Å². The van der Waals surface area contributed by atoms with Crippen LogP contribution >= 0.6 is 22.9 Å². The molecule has 0 aliphatic rings. The van der Waals surface area contributed by atoms with E-state index in [1.54, 1.807) is 11.3 Å². The molecule has 1 N–H and O–H groups in total. The van der Waals surface area contributed by atoms with Crippen LogP contribution in [0, 0.1) is 0 Å². The molecule has 0 radical (unpaired) electrons. The summed E-state index contributed by atoms with van der Waals surface area (Å²) in [6, 6.07) is 6.32. The van der Waals surface area contributed by atoms with Gasteiger partial charge in [-0.1, -0.05) is 36.8 Å². The second-order valence-electron chi connectivity index (χ2n) is 3.79. The predicted molar refractivity (Wildman–Crippen MR) is 72.6 cm³/mol. The minimum Gasteiger partial charge on any atom is -0.359 e. The first kappa shape index (κ1) is 11.7. The number of thiazole rings is 1. The van der Waals surface area contributed by atoms with Crippen LogP contribution in [0.3, 0.4) is 0 Å². The average molecular weight is 255 g/mol. The van der Waals surface area contributed by atoms with Crippen LogP contribution in [0.5, 0.6) is 0 Å². The number of fused-ring (bicyclic) bond motifs is 1. The minimum absolute atomic E-state index is 0.510. The third-order valence-electron chi connectivity index (χ3n) is 2.66. The zero-order chi connectivity index (χ0) is 11.5. The summed E-state index contributed by atoms with van der Waals surface area (Å²) in [6.07, 6.45) is 2.24. The van der Waals surface area contributed by atoms with E-state index in [1.165, 1.54) is 0 Å². The van der Waals surface area contributed by atoms with Gasteiger partial charge in [-0.15, -0.1) is 0 Å². The summed E-state index contributed by atoms with van der Waals surface area (Å²) in [5.41, 5.74) is 1.02. The van der Waals surface area contributed by atoms with Gasteiger partial charge >= 0.3 is 0 Å². The van der Waals surface area contributed by atoms with Gasteiger partial charge in [0.05, 0.1) is 10.2 Å². The van der Waals surface area contributed by atoms with Crippen LogP contribution in [0.15, 0.2) is 18.2 Å². The molecule has 16 heavy (non-hydrogen) atoms. The number of anilines is 1. The highest BCUT2D eigenvalue weighted by molar-refractivity contribution is 7.22. The number of halogens is 1. The van der Waals surface area contributed by atoms with Crippen molar-refractivity contribution in [2.45, 2.75) is 32.7 Å². The largest absolute Gasteiger partial charge is 0.359 e. The van der Waals surface area contributed by atoms with Crippen LogP contribution in [0.4, 0.5) is 5.13 Å². The van der Waals surface area contributed by atoms with Crippen LogP contribution in [0.1, 0.15) is 26.7 Å². The van der Waals surface area contributed by atoms with E-state index in [4.69, 9.17) is 11.6 Å². The summed E-state index contributed by atoms with van der Waals surface area (Å²) in [7, 11) is 0. The Hall–Kier alpha value is -0.800. The summed E-state index contributed by atoms with van der Waals surface area (Å²) in [5, 5.41) is 5.21. The maximum Gasteiger partial charge on any atom is 0.184 e. The maximum absolute atomic E-state index is 5.95. The number of benzene rings is 1. The van der Waals surface area contributed by atoms with Crippen LogP contribution in [0.2, 0.25) is 5.02 Å². The van der Waals surface area contributed by atoms with Crippen molar-refractivity contribution in [2.24, 2.45) is 0 Å². The van der Waals surface area contributed by atoms with Crippen LogP contribution in [-0.4, -0.2) is 11.0 Å². The second kappa shape index (κ2) is 5.02. The van der Waals surface area contributed by atoms with Crippen molar-refractivity contribution in [3.63, 3.8) is 0 Å². The lowest BCUT2D eigenvalue weighted by atomic mass is 10.2. The van der Waals surface area contributed by atoms with Gasteiger partial charge in [-0.05, 0) is 31.0 Å². The Bertz CT molecular complexity index is 477. The Labute approximate surface area is 105 Å². The molecule has 0 aliphatic carbocycles. The lowest BCUT2D eigenvalue weighted by Gasteiger charge is -2.12. The Kier molecular flexibility index (Phi) is 3.66. The van der Waals surface area contributed by atoms with Crippen LogP contribution in [-0.2, 0) is 0 Å². The van der Waals surface area contributed by atoms with E-state index in [9.17, 15) is 0 Å². The number of aromatic nitrogens is 1. The molecular formula is C12H15ClN2S. The van der Waals surface area contributed by atoms with E-state index in [1.807, 2.05) is 18.2 Å². The fraction of sp³-hybridized carbons (Fsp3) is 0.417. The monoisotopic (exact) mass is 254 g/mol. The minimum atomic E-state index is 0.510. The summed E-state index contributed by atoms with van der Waals surface area (Å²) in [6.45, 7) is 4.37. The van der Waals surface area contributed by atoms with Gasteiger partial charge < -0.3 is 5.32 Å². The maximum atomic E-state index is 5.95. The molecule has 1 aromatic heterocycles. The normalized spacial score (nSPS) is 11.2. The average Bonchev–Trinajstić information content (AvgIpc) is 2.67. The van der Waals surface area contributed by atoms with Gasteiger partial charge in [0.15, 0.2) is 5.13 Å². The van der Waals surface area contributed by atoms with Gasteiger partial charge in [0.25, 0.3) is 0 Å². The Morgan fingerprint density at radius 3 is 2.81 bits per heavy atom. The molecule has 0 bridgehead atoms. The summed E-state index contributed by atoms with van der Waals surface area (Å²) >= 11 is 7.61. The third-order valence-corrected chi connectivity index (χ3v) is 3.85. The van der Waals surface area contributed by atoms with E-state index in [2.05, 4.69) is 24.1 Å². The molecule has 2 nitrogen and oxygen atoms in total. The smallest absolute Gasteiger partial charge is 0.184 e. The van der Waals surface area contributed by atoms with E-state index in [0.717, 1.165) is 33.2 Å². The van der Waals surface area contributed by atoms with Crippen molar-refractivity contribution in [1.82, 2.24) is 4.98 Å². The van der Waals surface area contributed by atoms with E-state index >= 15 is 0 Å². The fourth-order valence-corrected chi connectivity index (χ4v) is 2.85. The van der Waals surface area contributed by atoms with Gasteiger partial charge in [-0.3, -0.25) is 0 Å². The molecule has 1 heterocycles. The molecule has 0 spiro atoms. The van der Waals surface area contributed by atoms with Gasteiger partial charge in [-0.25, -0.2) is 4.98 Å². The number of nitrogens with zero attached hydrogens (tertiary/aromatic N) is 1. The highest BCUT2D eigenvalue weighted by Gasteiger charge is 2.08. The molecule has 0 fully saturated rings. The second-order valence-corrected chi connectivity index (χ2v) is 5.26. The molecule has 0 aliphatic heterocycles. The van der Waals surface area contributed by atoms with Crippen LogP contribution < -0.4 is 5.32 Å². The van der Waals surface area contributed by atoms with Gasteiger partial charge in [0.1, 0.15) is 0 Å². The first-order valence-electron chi connectivity index (χ1n) is 5.55. The lowest BCUT2D eigenvalue weighted by molar-refractivity contribution is 0.671. The van der Waals surface area contributed by atoms with Gasteiger partial charge in [0, 0.05) is 11.1 Å². The first-order valence-corrected chi connectivity index (χ1v) is 6.75. The van der Waals surface area contributed by atoms with Crippen molar-refractivity contribution in [3.05, 3.63) is 23.2 Å². The van der Waals surface area contributed by atoms with E-state index in [0.29, 0.717) is 6.04 Å². The Morgan fingerprint density at radius 1 is 1.38 bits per heavy atom. The summed E-state index contributed by atoms with van der Waals surface area (Å²) in [4.78, 5) is 4.54. The first-order chi connectivity index (χ1) is 7.72. The SMILES string of the molecule is CCC(CC)Nc1nc2ccc(Cl)cc2s1. The third kappa shape index (κ3) is 2.47. The lowest BCUT2D eigenvalue weighted by Crippen LogP contribution is -2.16. The standard InChI is InChI=1S/C12H15ClN2S/c1-3-9(4-2)14-12-15-10-6-5-8(13)7-11(10)16-12/h5-7,9H,3-4H2,1-2H3,(H,14,15). The zero-order valence-electron chi connectivity index (χ0n) is 9.46. The number of hydrogen-bond donors (Lipinski definition) is 1. The van der Waals surface area contributed by atoms with E-state index in [-0.39, 0.29) is 0 Å². The molecule has 0 saturated heterocycles. The molecule has 4 heteroatoms. The molecule has 0 atom stereocenters.